The van der Waals surface area contributed by atoms with E-state index in [0.717, 1.165) is 4.88 Å². The van der Waals surface area contributed by atoms with E-state index in [-0.39, 0.29) is 11.3 Å². The maximum absolute atomic E-state index is 11.9. The molecule has 104 valence electrons. The first-order valence-electron chi connectivity index (χ1n) is 5.87. The van der Waals surface area contributed by atoms with E-state index in [2.05, 4.69) is 10.5 Å². The maximum Gasteiger partial charge on any atom is 0.275 e. The van der Waals surface area contributed by atoms with Gasteiger partial charge in [0.25, 0.3) is 5.91 Å². The number of methoxy groups -OCH3 is 1. The Hall–Kier alpha value is -2.34. The number of nitrogens with one attached hydrogen (secondary N) is 1. The van der Waals surface area contributed by atoms with Gasteiger partial charge in [-0.25, -0.2) is 5.43 Å². The molecule has 1 aromatic heterocycles. The monoisotopic (exact) mass is 290 g/mol. The number of thiophene rings is 1. The second-order valence-electron chi connectivity index (χ2n) is 4.00. The van der Waals surface area contributed by atoms with E-state index in [4.69, 9.17) is 4.74 Å². The summed E-state index contributed by atoms with van der Waals surface area (Å²) in [6.45, 7) is 1.81. The lowest BCUT2D eigenvalue weighted by molar-refractivity contribution is 0.0952. The molecule has 2 N–H and O–H groups in total. The fourth-order valence-electron chi connectivity index (χ4n) is 1.56. The Morgan fingerprint density at radius 1 is 1.40 bits per heavy atom. The van der Waals surface area contributed by atoms with Crippen LogP contribution in [0.25, 0.3) is 0 Å². The SMILES string of the molecule is COc1ccc(C(=O)N/N=C(/C)c2cccs2)c(O)c1. The van der Waals surface area contributed by atoms with Gasteiger partial charge in [-0.1, -0.05) is 6.07 Å². The van der Waals surface area contributed by atoms with Crippen molar-refractivity contribution in [1.82, 2.24) is 5.43 Å². The number of hydrazone groups is 1. The number of hydrogen-bond donors (Lipinski definition) is 2. The van der Waals surface area contributed by atoms with E-state index in [0.29, 0.717) is 11.5 Å². The van der Waals surface area contributed by atoms with Crippen LogP contribution in [-0.4, -0.2) is 23.8 Å². The molecule has 6 heteroatoms. The van der Waals surface area contributed by atoms with Crippen LogP contribution in [-0.2, 0) is 0 Å². The zero-order valence-electron chi connectivity index (χ0n) is 11.1. The van der Waals surface area contributed by atoms with Crippen LogP contribution in [0.2, 0.25) is 0 Å². The number of rotatable bonds is 4. The third-order valence-electron chi connectivity index (χ3n) is 2.65. The van der Waals surface area contributed by atoms with Gasteiger partial charge in [0.1, 0.15) is 11.5 Å². The second-order valence-corrected chi connectivity index (χ2v) is 4.95. The molecular formula is C14H14N2O3S. The molecule has 0 bridgehead atoms. The van der Waals surface area contributed by atoms with Gasteiger partial charge in [-0.3, -0.25) is 4.79 Å². The third kappa shape index (κ3) is 3.16. The fourth-order valence-corrected chi connectivity index (χ4v) is 2.24. The number of benzene rings is 1. The quantitative estimate of drug-likeness (QED) is 0.671. The minimum Gasteiger partial charge on any atom is -0.507 e. The molecule has 1 heterocycles. The molecule has 0 spiro atoms. The smallest absolute Gasteiger partial charge is 0.275 e. The summed E-state index contributed by atoms with van der Waals surface area (Å²) in [5, 5.41) is 15.7. The van der Waals surface area contributed by atoms with Crippen molar-refractivity contribution in [3.05, 3.63) is 46.2 Å². The Labute approximate surface area is 120 Å². The first-order chi connectivity index (χ1) is 9.61. The van der Waals surface area contributed by atoms with E-state index < -0.39 is 5.91 Å². The van der Waals surface area contributed by atoms with Crippen molar-refractivity contribution in [2.75, 3.05) is 7.11 Å². The van der Waals surface area contributed by atoms with Crippen molar-refractivity contribution in [1.29, 1.82) is 0 Å². The van der Waals surface area contributed by atoms with Gasteiger partial charge < -0.3 is 9.84 Å². The Kier molecular flexibility index (Phi) is 4.37. The summed E-state index contributed by atoms with van der Waals surface area (Å²) in [5.41, 5.74) is 3.28. The van der Waals surface area contributed by atoms with E-state index in [9.17, 15) is 9.90 Å². The molecule has 0 radical (unpaired) electrons. The van der Waals surface area contributed by atoms with Crippen LogP contribution in [0, 0.1) is 0 Å². The highest BCUT2D eigenvalue weighted by Gasteiger charge is 2.11. The van der Waals surface area contributed by atoms with Gasteiger partial charge in [-0.05, 0) is 30.5 Å². The van der Waals surface area contributed by atoms with Gasteiger partial charge in [-0.15, -0.1) is 11.3 Å². The van der Waals surface area contributed by atoms with Crippen molar-refractivity contribution < 1.29 is 14.6 Å². The van der Waals surface area contributed by atoms with Crippen molar-refractivity contribution in [3.63, 3.8) is 0 Å². The van der Waals surface area contributed by atoms with Crippen LogP contribution in [0.5, 0.6) is 11.5 Å². The van der Waals surface area contributed by atoms with Crippen LogP contribution in [0.15, 0.2) is 40.8 Å². The number of nitrogens with zero attached hydrogens (tertiary/aromatic N) is 1. The van der Waals surface area contributed by atoms with Gasteiger partial charge in [0.05, 0.1) is 18.4 Å². The Morgan fingerprint density at radius 2 is 2.20 bits per heavy atom. The standard InChI is InChI=1S/C14H14N2O3S/c1-9(13-4-3-7-20-13)15-16-14(18)11-6-5-10(19-2)8-12(11)17/h3-8,17H,1-2H3,(H,16,18)/b15-9-. The van der Waals surface area contributed by atoms with Gasteiger partial charge >= 0.3 is 0 Å². The van der Waals surface area contributed by atoms with Crippen molar-refractivity contribution in [3.8, 4) is 11.5 Å². The molecule has 2 rings (SSSR count). The fraction of sp³-hybridized carbons (Fsp3) is 0.143. The topological polar surface area (TPSA) is 70.9 Å². The lowest BCUT2D eigenvalue weighted by Gasteiger charge is -2.06. The highest BCUT2D eigenvalue weighted by molar-refractivity contribution is 7.12. The first-order valence-corrected chi connectivity index (χ1v) is 6.75. The predicted octanol–water partition coefficient (Wildman–Crippen LogP) is 2.62. The summed E-state index contributed by atoms with van der Waals surface area (Å²) in [5.74, 6) is -0.135. The second kappa shape index (κ2) is 6.21. The zero-order valence-corrected chi connectivity index (χ0v) is 11.9. The highest BCUT2D eigenvalue weighted by Crippen LogP contribution is 2.23. The molecule has 0 atom stereocenters. The largest absolute Gasteiger partial charge is 0.507 e. The zero-order chi connectivity index (χ0) is 14.5. The minimum absolute atomic E-state index is 0.147. The Balaban J connectivity index is 2.11. The number of ether oxygens (including phenoxy) is 1. The highest BCUT2D eigenvalue weighted by atomic mass is 32.1. The van der Waals surface area contributed by atoms with E-state index in [1.165, 1.54) is 30.6 Å². The summed E-state index contributed by atoms with van der Waals surface area (Å²) in [4.78, 5) is 12.9. The van der Waals surface area contributed by atoms with Crippen LogP contribution >= 0.6 is 11.3 Å². The molecule has 20 heavy (non-hydrogen) atoms. The molecule has 0 aliphatic carbocycles. The number of phenolic OH excluding ortho intramolecular Hbond substituents is 1. The molecule has 1 aromatic carbocycles. The predicted molar refractivity (Wildman–Crippen MR) is 78.7 cm³/mol. The third-order valence-corrected chi connectivity index (χ3v) is 3.63. The number of carbonyl (C=O) groups is 1. The molecule has 0 aliphatic rings. The minimum atomic E-state index is -0.471. The Morgan fingerprint density at radius 3 is 2.80 bits per heavy atom. The van der Waals surface area contributed by atoms with E-state index in [1.54, 1.807) is 13.0 Å². The summed E-state index contributed by atoms with van der Waals surface area (Å²) in [6.07, 6.45) is 0. The first kappa shape index (κ1) is 14.1. The van der Waals surface area contributed by atoms with Crippen molar-refractivity contribution in [2.45, 2.75) is 6.92 Å². The molecular weight excluding hydrogens is 276 g/mol. The summed E-state index contributed by atoms with van der Waals surface area (Å²) in [6, 6.07) is 8.30. The van der Waals surface area contributed by atoms with E-state index in [1.807, 2.05) is 17.5 Å². The van der Waals surface area contributed by atoms with Gasteiger partial charge in [0.2, 0.25) is 0 Å². The number of amides is 1. The molecule has 1 amide bonds. The maximum atomic E-state index is 11.9. The van der Waals surface area contributed by atoms with Gasteiger partial charge in [-0.2, -0.15) is 5.10 Å². The molecule has 0 saturated carbocycles. The van der Waals surface area contributed by atoms with Crippen molar-refractivity contribution in [2.24, 2.45) is 5.10 Å². The van der Waals surface area contributed by atoms with Crippen molar-refractivity contribution >= 4 is 23.0 Å². The molecule has 0 fully saturated rings. The average molecular weight is 290 g/mol. The van der Waals surface area contributed by atoms with Gasteiger partial charge in [0.15, 0.2) is 0 Å². The summed E-state index contributed by atoms with van der Waals surface area (Å²) in [7, 11) is 1.49. The van der Waals surface area contributed by atoms with E-state index >= 15 is 0 Å². The summed E-state index contributed by atoms with van der Waals surface area (Å²) < 4.78 is 4.96. The number of phenols is 1. The lowest BCUT2D eigenvalue weighted by Crippen LogP contribution is -2.19. The number of hydrogen-bond acceptors (Lipinski definition) is 5. The van der Waals surface area contributed by atoms with Crippen LogP contribution in [0.1, 0.15) is 22.2 Å². The summed E-state index contributed by atoms with van der Waals surface area (Å²) >= 11 is 1.54. The Bertz CT molecular complexity index is 636. The molecule has 0 aliphatic heterocycles. The van der Waals surface area contributed by atoms with Crippen LogP contribution < -0.4 is 10.2 Å². The van der Waals surface area contributed by atoms with Gasteiger partial charge in [0, 0.05) is 10.9 Å². The molecule has 0 saturated heterocycles. The van der Waals surface area contributed by atoms with Crippen LogP contribution in [0.3, 0.4) is 0 Å². The number of aromatic hydroxyl groups is 1. The van der Waals surface area contributed by atoms with Crippen LogP contribution in [0.4, 0.5) is 0 Å². The lowest BCUT2D eigenvalue weighted by atomic mass is 10.2. The normalized spacial score (nSPS) is 11.2. The molecule has 5 nitrogen and oxygen atoms in total. The molecule has 2 aromatic rings. The average Bonchev–Trinajstić information content (AvgIpc) is 2.98. The number of carbonyl (C=O) groups excluding carboxylic acids is 1. The molecule has 0 unspecified atom stereocenters.